The lowest BCUT2D eigenvalue weighted by molar-refractivity contribution is -0.116. The maximum atomic E-state index is 12.8. The molecule has 0 aliphatic carbocycles. The minimum Gasteiger partial charge on any atom is -0.331 e. The lowest BCUT2D eigenvalue weighted by Crippen LogP contribution is -2.22. The van der Waals surface area contributed by atoms with Gasteiger partial charge < -0.3 is 9.88 Å². The van der Waals surface area contributed by atoms with Gasteiger partial charge in [0.1, 0.15) is 12.4 Å². The van der Waals surface area contributed by atoms with E-state index in [1.165, 1.54) is 0 Å². The van der Waals surface area contributed by atoms with E-state index >= 15 is 0 Å². The van der Waals surface area contributed by atoms with Gasteiger partial charge in [-0.1, -0.05) is 23.7 Å². The van der Waals surface area contributed by atoms with Crippen molar-refractivity contribution in [3.05, 3.63) is 80.5 Å². The lowest BCUT2D eigenvalue weighted by atomic mass is 10.1. The molecule has 0 saturated heterocycles. The number of carbonyl (C=O) groups excluding carboxylic acids is 1. The predicted octanol–water partition coefficient (Wildman–Crippen LogP) is 4.60. The van der Waals surface area contributed by atoms with Gasteiger partial charge in [0.2, 0.25) is 5.91 Å². The number of para-hydroxylation sites is 1. The van der Waals surface area contributed by atoms with Crippen LogP contribution in [0.2, 0.25) is 5.02 Å². The van der Waals surface area contributed by atoms with Crippen molar-refractivity contribution in [2.45, 2.75) is 6.54 Å². The van der Waals surface area contributed by atoms with Crippen LogP contribution in [0, 0.1) is 0 Å². The van der Waals surface area contributed by atoms with Crippen LogP contribution in [0.4, 0.5) is 5.82 Å². The number of anilines is 1. The van der Waals surface area contributed by atoms with Crippen LogP contribution < -0.4 is 10.7 Å². The Bertz CT molecular complexity index is 1240. The van der Waals surface area contributed by atoms with Crippen molar-refractivity contribution < 1.29 is 4.79 Å². The Hall–Kier alpha value is -2.70. The third-order valence-corrected chi connectivity index (χ3v) is 4.93. The number of rotatable bonds is 3. The minimum atomic E-state index is -0.241. The first-order chi connectivity index (χ1) is 13.0. The van der Waals surface area contributed by atoms with Crippen molar-refractivity contribution in [3.63, 3.8) is 0 Å². The smallest absolute Gasteiger partial charge is 0.245 e. The molecule has 0 atom stereocenters. The Balaban J connectivity index is 1.81. The second-order valence-electron chi connectivity index (χ2n) is 6.00. The number of carbonyl (C=O) groups is 1. The summed E-state index contributed by atoms with van der Waals surface area (Å²) in [6, 6.07) is 15.8. The number of halogens is 2. The SMILES string of the molecule is O=C(Cn1c2ccccc2c(=O)c2cc(Cl)ccc21)Nc1ccc(Br)cn1. The van der Waals surface area contributed by atoms with E-state index in [1.54, 1.807) is 48.7 Å². The fourth-order valence-electron chi connectivity index (χ4n) is 3.05. The number of amides is 1. The second-order valence-corrected chi connectivity index (χ2v) is 7.36. The lowest BCUT2D eigenvalue weighted by Gasteiger charge is -2.15. The molecule has 2 aromatic heterocycles. The van der Waals surface area contributed by atoms with Crippen LogP contribution >= 0.6 is 27.5 Å². The molecule has 0 fully saturated rings. The third-order valence-electron chi connectivity index (χ3n) is 4.23. The Morgan fingerprint density at radius 2 is 1.85 bits per heavy atom. The molecule has 2 heterocycles. The number of pyridine rings is 2. The van der Waals surface area contributed by atoms with E-state index in [0.717, 1.165) is 4.47 Å². The van der Waals surface area contributed by atoms with Gasteiger partial charge in [-0.05, 0) is 58.4 Å². The molecule has 1 amide bonds. The number of fused-ring (bicyclic) bond motifs is 2. The summed E-state index contributed by atoms with van der Waals surface area (Å²) in [4.78, 5) is 29.6. The van der Waals surface area contributed by atoms with E-state index in [1.807, 2.05) is 16.7 Å². The molecule has 134 valence electrons. The molecule has 0 aliphatic heterocycles. The highest BCUT2D eigenvalue weighted by molar-refractivity contribution is 9.10. The average molecular weight is 443 g/mol. The van der Waals surface area contributed by atoms with Crippen molar-refractivity contribution in [2.24, 2.45) is 0 Å². The summed E-state index contributed by atoms with van der Waals surface area (Å²) in [5, 5.41) is 4.28. The van der Waals surface area contributed by atoms with Crippen LogP contribution in [0.3, 0.4) is 0 Å². The first-order valence-electron chi connectivity index (χ1n) is 8.15. The molecular formula is C20H13BrClN3O2. The fourth-order valence-corrected chi connectivity index (χ4v) is 3.45. The van der Waals surface area contributed by atoms with Crippen LogP contribution in [0.15, 0.2) is 70.1 Å². The quantitative estimate of drug-likeness (QED) is 0.472. The summed E-state index contributed by atoms with van der Waals surface area (Å²) < 4.78 is 2.64. The monoisotopic (exact) mass is 441 g/mol. The molecule has 0 aliphatic rings. The third kappa shape index (κ3) is 3.46. The molecule has 5 nitrogen and oxygen atoms in total. The van der Waals surface area contributed by atoms with Gasteiger partial charge >= 0.3 is 0 Å². The Kier molecular flexibility index (Phi) is 4.68. The molecule has 1 N–H and O–H groups in total. The van der Waals surface area contributed by atoms with E-state index in [4.69, 9.17) is 11.6 Å². The summed E-state index contributed by atoms with van der Waals surface area (Å²) in [6.07, 6.45) is 1.61. The first-order valence-corrected chi connectivity index (χ1v) is 9.32. The number of hydrogen-bond acceptors (Lipinski definition) is 3. The van der Waals surface area contributed by atoms with E-state index in [9.17, 15) is 9.59 Å². The number of benzene rings is 2. The zero-order valence-corrected chi connectivity index (χ0v) is 16.3. The summed E-state index contributed by atoms with van der Waals surface area (Å²) in [5.41, 5.74) is 1.24. The normalized spacial score (nSPS) is 11.0. The first kappa shape index (κ1) is 17.7. The highest BCUT2D eigenvalue weighted by Gasteiger charge is 2.14. The summed E-state index contributed by atoms with van der Waals surface area (Å²) in [6.45, 7) is 0.0384. The molecule has 0 spiro atoms. The van der Waals surface area contributed by atoms with Gasteiger partial charge in [-0.3, -0.25) is 9.59 Å². The number of hydrogen-bond donors (Lipinski definition) is 1. The topological polar surface area (TPSA) is 64.0 Å². The molecule has 7 heteroatoms. The maximum absolute atomic E-state index is 12.8. The molecule has 0 radical (unpaired) electrons. The van der Waals surface area contributed by atoms with Crippen molar-refractivity contribution >= 4 is 61.1 Å². The van der Waals surface area contributed by atoms with E-state index in [0.29, 0.717) is 32.6 Å². The zero-order valence-electron chi connectivity index (χ0n) is 13.9. The molecule has 4 rings (SSSR count). The molecular weight excluding hydrogens is 430 g/mol. The fraction of sp³-hybridized carbons (Fsp3) is 0.0500. The largest absolute Gasteiger partial charge is 0.331 e. The van der Waals surface area contributed by atoms with Crippen LogP contribution in [-0.4, -0.2) is 15.5 Å². The van der Waals surface area contributed by atoms with Gasteiger partial charge in [-0.25, -0.2) is 4.98 Å². The molecule has 4 aromatic rings. The van der Waals surface area contributed by atoms with Gasteiger partial charge in [0.15, 0.2) is 5.43 Å². The van der Waals surface area contributed by atoms with Gasteiger partial charge in [-0.15, -0.1) is 0 Å². The molecule has 0 bridgehead atoms. The molecule has 27 heavy (non-hydrogen) atoms. The van der Waals surface area contributed by atoms with Crippen molar-refractivity contribution in [3.8, 4) is 0 Å². The Morgan fingerprint density at radius 1 is 1.07 bits per heavy atom. The molecule has 0 unspecified atom stereocenters. The van der Waals surface area contributed by atoms with E-state index < -0.39 is 0 Å². The van der Waals surface area contributed by atoms with Crippen molar-refractivity contribution in [1.29, 1.82) is 0 Å². The zero-order chi connectivity index (χ0) is 19.0. The summed E-state index contributed by atoms with van der Waals surface area (Å²) in [7, 11) is 0. The number of aromatic nitrogens is 2. The highest BCUT2D eigenvalue weighted by Crippen LogP contribution is 2.22. The van der Waals surface area contributed by atoms with Gasteiger partial charge in [-0.2, -0.15) is 0 Å². The van der Waals surface area contributed by atoms with E-state index in [2.05, 4.69) is 26.2 Å². The second kappa shape index (κ2) is 7.13. The Morgan fingerprint density at radius 3 is 2.63 bits per heavy atom. The van der Waals surface area contributed by atoms with Gasteiger partial charge in [0.05, 0.1) is 11.0 Å². The van der Waals surface area contributed by atoms with Crippen LogP contribution in [0.1, 0.15) is 0 Å². The van der Waals surface area contributed by atoms with Crippen molar-refractivity contribution in [2.75, 3.05) is 5.32 Å². The van der Waals surface area contributed by atoms with Crippen LogP contribution in [0.25, 0.3) is 21.8 Å². The van der Waals surface area contributed by atoms with Gasteiger partial charge in [0.25, 0.3) is 0 Å². The molecule has 2 aromatic carbocycles. The summed E-state index contributed by atoms with van der Waals surface area (Å²) in [5.74, 6) is 0.218. The highest BCUT2D eigenvalue weighted by atomic mass is 79.9. The van der Waals surface area contributed by atoms with Crippen LogP contribution in [0.5, 0.6) is 0 Å². The standard InChI is InChI=1S/C20H13BrClN3O2/c21-12-5-8-18(23-10-12)24-19(26)11-25-16-4-2-1-3-14(16)20(27)15-9-13(22)6-7-17(15)25/h1-10H,11H2,(H,23,24,26). The van der Waals surface area contributed by atoms with Gasteiger partial charge in [0, 0.05) is 26.5 Å². The number of nitrogens with zero attached hydrogens (tertiary/aromatic N) is 2. The minimum absolute atomic E-state index is 0.0384. The maximum Gasteiger partial charge on any atom is 0.245 e. The Labute approximate surface area is 167 Å². The predicted molar refractivity (Wildman–Crippen MR) is 111 cm³/mol. The van der Waals surface area contributed by atoms with Crippen molar-refractivity contribution in [1.82, 2.24) is 9.55 Å². The molecule has 0 saturated carbocycles. The summed E-state index contributed by atoms with van der Waals surface area (Å²) >= 11 is 9.39. The van der Waals surface area contributed by atoms with Crippen LogP contribution in [-0.2, 0) is 11.3 Å². The number of nitrogens with one attached hydrogen (secondary N) is 1. The average Bonchev–Trinajstić information content (AvgIpc) is 2.67. The van der Waals surface area contributed by atoms with E-state index in [-0.39, 0.29) is 17.9 Å².